The molecule has 2 fully saturated rings. The highest BCUT2D eigenvalue weighted by Gasteiger charge is 2.55. The lowest BCUT2D eigenvalue weighted by Gasteiger charge is -2.58. The third-order valence-electron chi connectivity index (χ3n) is 6.78. The Morgan fingerprint density at radius 1 is 1.17 bits per heavy atom. The van der Waals surface area contributed by atoms with Gasteiger partial charge in [0.1, 0.15) is 6.10 Å². The highest BCUT2D eigenvalue weighted by atomic mass is 16.5. The number of aliphatic hydroxyl groups excluding tert-OH is 1. The van der Waals surface area contributed by atoms with Crippen molar-refractivity contribution < 1.29 is 14.6 Å². The first-order valence-electron chi connectivity index (χ1n) is 9.25. The summed E-state index contributed by atoms with van der Waals surface area (Å²) in [6, 6.07) is 9.16. The molecule has 132 valence electrons. The van der Waals surface area contributed by atoms with Gasteiger partial charge in [-0.25, -0.2) is 4.79 Å². The molecule has 0 spiro atoms. The lowest BCUT2D eigenvalue weighted by molar-refractivity contribution is -0.139. The van der Waals surface area contributed by atoms with Crippen molar-refractivity contribution in [3.63, 3.8) is 0 Å². The van der Waals surface area contributed by atoms with Gasteiger partial charge < -0.3 is 9.84 Å². The Labute approximate surface area is 145 Å². The minimum absolute atomic E-state index is 0.0310. The summed E-state index contributed by atoms with van der Waals surface area (Å²) in [6.07, 6.45) is 5.31. The number of hydrogen-bond donors (Lipinski definition) is 1. The molecule has 0 amide bonds. The minimum Gasteiger partial charge on any atom is -0.458 e. The van der Waals surface area contributed by atoms with Crippen LogP contribution in [0.15, 0.2) is 30.3 Å². The number of fused-ring (bicyclic) bond motifs is 1. The number of esters is 1. The van der Waals surface area contributed by atoms with E-state index in [-0.39, 0.29) is 30.0 Å². The van der Waals surface area contributed by atoms with E-state index < -0.39 is 0 Å². The van der Waals surface area contributed by atoms with Crippen LogP contribution in [-0.4, -0.2) is 23.8 Å². The maximum absolute atomic E-state index is 12.5. The number of carbonyl (C=O) groups excluding carboxylic acids is 1. The molecule has 0 bridgehead atoms. The average Bonchev–Trinajstić information content (AvgIpc) is 2.54. The quantitative estimate of drug-likeness (QED) is 0.833. The predicted octanol–water partition coefficient (Wildman–Crippen LogP) is 4.45. The van der Waals surface area contributed by atoms with Crippen molar-refractivity contribution in [1.29, 1.82) is 0 Å². The maximum atomic E-state index is 12.5. The summed E-state index contributed by atoms with van der Waals surface area (Å²) < 4.78 is 5.86. The maximum Gasteiger partial charge on any atom is 0.338 e. The van der Waals surface area contributed by atoms with Crippen LogP contribution in [0.5, 0.6) is 0 Å². The molecule has 3 rings (SSSR count). The van der Waals surface area contributed by atoms with Crippen LogP contribution in [0.1, 0.15) is 63.2 Å². The summed E-state index contributed by atoms with van der Waals surface area (Å²) in [4.78, 5) is 12.5. The highest BCUT2D eigenvalue weighted by molar-refractivity contribution is 5.89. The van der Waals surface area contributed by atoms with E-state index >= 15 is 0 Å². The van der Waals surface area contributed by atoms with Crippen LogP contribution < -0.4 is 0 Å². The van der Waals surface area contributed by atoms with Gasteiger partial charge in [-0.3, -0.25) is 0 Å². The standard InChI is InChI=1S/C21H30O3/c1-20(2)12-7-13-21(3)16(14-22)17(10-11-18(20)21)24-19(23)15-8-5-4-6-9-15/h4-6,8-9,16-18,22H,7,10-14H2,1-3H3/t16-,17-,18?,21+/m0/s1. The fraction of sp³-hybridized carbons (Fsp3) is 0.667. The van der Waals surface area contributed by atoms with Gasteiger partial charge in [0.2, 0.25) is 0 Å². The van der Waals surface area contributed by atoms with Gasteiger partial charge in [-0.05, 0) is 54.6 Å². The van der Waals surface area contributed by atoms with Crippen molar-refractivity contribution in [2.75, 3.05) is 6.61 Å². The molecule has 0 saturated heterocycles. The van der Waals surface area contributed by atoms with Crippen LogP contribution in [0.25, 0.3) is 0 Å². The topological polar surface area (TPSA) is 46.5 Å². The molecular weight excluding hydrogens is 300 g/mol. The van der Waals surface area contributed by atoms with Gasteiger partial charge in [-0.2, -0.15) is 0 Å². The monoisotopic (exact) mass is 330 g/mol. The molecule has 0 heterocycles. The van der Waals surface area contributed by atoms with Gasteiger partial charge in [-0.1, -0.05) is 45.4 Å². The smallest absolute Gasteiger partial charge is 0.338 e. The molecule has 3 nitrogen and oxygen atoms in total. The van der Waals surface area contributed by atoms with Crippen molar-refractivity contribution in [2.24, 2.45) is 22.7 Å². The molecule has 1 N–H and O–H groups in total. The number of aliphatic hydroxyl groups is 1. The number of hydrogen-bond acceptors (Lipinski definition) is 3. The zero-order valence-electron chi connectivity index (χ0n) is 15.1. The Morgan fingerprint density at radius 3 is 2.54 bits per heavy atom. The minimum atomic E-state index is -0.267. The van der Waals surface area contributed by atoms with E-state index in [1.807, 2.05) is 18.2 Å². The third-order valence-corrected chi connectivity index (χ3v) is 6.78. The Hall–Kier alpha value is -1.35. The number of ether oxygens (including phenoxy) is 1. The zero-order chi connectivity index (χ0) is 17.4. The number of carbonyl (C=O) groups is 1. The molecule has 0 radical (unpaired) electrons. The van der Waals surface area contributed by atoms with Crippen molar-refractivity contribution >= 4 is 5.97 Å². The van der Waals surface area contributed by atoms with Crippen LogP contribution in [0, 0.1) is 22.7 Å². The average molecular weight is 330 g/mol. The van der Waals surface area contributed by atoms with E-state index in [4.69, 9.17) is 4.74 Å². The summed E-state index contributed by atoms with van der Waals surface area (Å²) >= 11 is 0. The molecule has 3 heteroatoms. The first kappa shape index (κ1) is 17.5. The second kappa shape index (κ2) is 6.51. The van der Waals surface area contributed by atoms with Gasteiger partial charge in [0.05, 0.1) is 5.56 Å². The van der Waals surface area contributed by atoms with Crippen LogP contribution in [0.2, 0.25) is 0 Å². The highest BCUT2D eigenvalue weighted by Crippen LogP contribution is 2.60. The summed E-state index contributed by atoms with van der Waals surface area (Å²) in [7, 11) is 0. The van der Waals surface area contributed by atoms with E-state index in [2.05, 4.69) is 20.8 Å². The SMILES string of the molecule is CC1(C)CCC[C@@]2(C)C1CC[C@H](OC(=O)c1ccccc1)[C@@H]2CO. The van der Waals surface area contributed by atoms with E-state index in [1.54, 1.807) is 12.1 Å². The van der Waals surface area contributed by atoms with Crippen LogP contribution >= 0.6 is 0 Å². The lowest BCUT2D eigenvalue weighted by Crippen LogP contribution is -2.55. The van der Waals surface area contributed by atoms with E-state index in [0.717, 1.165) is 19.3 Å². The van der Waals surface area contributed by atoms with Gasteiger partial charge in [0.15, 0.2) is 0 Å². The molecule has 2 aliphatic rings. The predicted molar refractivity (Wildman–Crippen MR) is 94.7 cm³/mol. The molecule has 4 atom stereocenters. The molecule has 1 aromatic rings. The van der Waals surface area contributed by atoms with Gasteiger partial charge in [0, 0.05) is 12.5 Å². The molecular formula is C21H30O3. The van der Waals surface area contributed by atoms with Gasteiger partial charge in [-0.15, -0.1) is 0 Å². The summed E-state index contributed by atoms with van der Waals surface area (Å²) in [6.45, 7) is 7.12. The van der Waals surface area contributed by atoms with Crippen molar-refractivity contribution in [2.45, 2.75) is 59.0 Å². The number of rotatable bonds is 3. The first-order valence-corrected chi connectivity index (χ1v) is 9.25. The molecule has 24 heavy (non-hydrogen) atoms. The van der Waals surface area contributed by atoms with Crippen molar-refractivity contribution in [1.82, 2.24) is 0 Å². The van der Waals surface area contributed by atoms with Crippen molar-refractivity contribution in [3.8, 4) is 0 Å². The molecule has 0 aromatic heterocycles. The fourth-order valence-electron chi connectivity index (χ4n) is 5.53. The van der Waals surface area contributed by atoms with E-state index in [0.29, 0.717) is 16.9 Å². The second-order valence-electron chi connectivity index (χ2n) is 8.58. The second-order valence-corrected chi connectivity index (χ2v) is 8.58. The Morgan fingerprint density at radius 2 is 1.88 bits per heavy atom. The van der Waals surface area contributed by atoms with Crippen molar-refractivity contribution in [3.05, 3.63) is 35.9 Å². The summed E-state index contributed by atoms with van der Waals surface area (Å²) in [5.41, 5.74) is 0.941. The Bertz CT molecular complexity index is 580. The molecule has 2 saturated carbocycles. The Kier molecular flexibility index (Phi) is 4.74. The molecule has 1 unspecified atom stereocenters. The molecule has 0 aliphatic heterocycles. The normalized spacial score (nSPS) is 35.1. The summed E-state index contributed by atoms with van der Waals surface area (Å²) in [5.74, 6) is 0.349. The molecule has 1 aromatic carbocycles. The van der Waals surface area contributed by atoms with Gasteiger partial charge in [0.25, 0.3) is 0 Å². The first-order chi connectivity index (χ1) is 11.4. The van der Waals surface area contributed by atoms with Crippen LogP contribution in [0.3, 0.4) is 0 Å². The van der Waals surface area contributed by atoms with Crippen LogP contribution in [0.4, 0.5) is 0 Å². The van der Waals surface area contributed by atoms with Gasteiger partial charge >= 0.3 is 5.97 Å². The fourth-order valence-corrected chi connectivity index (χ4v) is 5.53. The third kappa shape index (κ3) is 2.99. The number of benzene rings is 1. The van der Waals surface area contributed by atoms with Crippen LogP contribution in [-0.2, 0) is 4.74 Å². The Balaban J connectivity index is 1.80. The van der Waals surface area contributed by atoms with E-state index in [9.17, 15) is 9.90 Å². The summed E-state index contributed by atoms with van der Waals surface area (Å²) in [5, 5.41) is 10.1. The zero-order valence-corrected chi connectivity index (χ0v) is 15.1. The lowest BCUT2D eigenvalue weighted by atomic mass is 9.48. The largest absolute Gasteiger partial charge is 0.458 e. The molecule has 2 aliphatic carbocycles. The van der Waals surface area contributed by atoms with E-state index in [1.165, 1.54) is 12.8 Å².